The predicted molar refractivity (Wildman–Crippen MR) is 90.3 cm³/mol. The van der Waals surface area contributed by atoms with Crippen molar-refractivity contribution in [3.05, 3.63) is 64.1 Å². The number of thioether (sulfide) groups is 1. The molecule has 2 aromatic carbocycles. The Morgan fingerprint density at radius 2 is 1.90 bits per heavy atom. The fraction of sp³-hybridized carbons (Fsp3) is 0.294. The number of hydrogen-bond donors (Lipinski definition) is 1. The average Bonchev–Trinajstić information content (AvgIpc) is 2.46. The van der Waals surface area contributed by atoms with Crippen LogP contribution in [0.4, 0.5) is 0 Å². The molecule has 0 saturated carbocycles. The van der Waals surface area contributed by atoms with Gasteiger partial charge in [0.15, 0.2) is 0 Å². The molecule has 1 N–H and O–H groups in total. The van der Waals surface area contributed by atoms with Gasteiger partial charge in [-0.3, -0.25) is 0 Å². The highest BCUT2D eigenvalue weighted by Gasteiger charge is 2.08. The standard InChI is InChI=1S/C17H19BrOS/c1-2-4-13-7-9-14(10-8-13)17(19)12-20-16-6-3-5-15(18)11-16/h3,5-11,17,19H,2,4,12H2,1H3. The Morgan fingerprint density at radius 3 is 2.55 bits per heavy atom. The van der Waals surface area contributed by atoms with Crippen molar-refractivity contribution in [1.29, 1.82) is 0 Å². The zero-order valence-corrected chi connectivity index (χ0v) is 14.0. The lowest BCUT2D eigenvalue weighted by atomic mass is 10.1. The molecule has 0 aliphatic rings. The van der Waals surface area contributed by atoms with Gasteiger partial charge in [-0.15, -0.1) is 11.8 Å². The summed E-state index contributed by atoms with van der Waals surface area (Å²) in [6, 6.07) is 16.5. The van der Waals surface area contributed by atoms with Crippen LogP contribution in [0.25, 0.3) is 0 Å². The largest absolute Gasteiger partial charge is 0.388 e. The molecule has 0 fully saturated rings. The summed E-state index contributed by atoms with van der Waals surface area (Å²) < 4.78 is 1.07. The molecule has 106 valence electrons. The molecule has 0 heterocycles. The molecule has 0 spiro atoms. The van der Waals surface area contributed by atoms with Gasteiger partial charge in [0.1, 0.15) is 0 Å². The van der Waals surface area contributed by atoms with Crippen LogP contribution in [0, 0.1) is 0 Å². The van der Waals surface area contributed by atoms with Crippen molar-refractivity contribution in [1.82, 2.24) is 0 Å². The molecule has 1 unspecified atom stereocenters. The van der Waals surface area contributed by atoms with Crippen LogP contribution in [-0.2, 0) is 6.42 Å². The van der Waals surface area contributed by atoms with Crippen molar-refractivity contribution in [3.8, 4) is 0 Å². The summed E-state index contributed by atoms with van der Waals surface area (Å²) in [5.74, 6) is 0.670. The van der Waals surface area contributed by atoms with Crippen LogP contribution in [0.1, 0.15) is 30.6 Å². The lowest BCUT2D eigenvalue weighted by Gasteiger charge is -2.11. The third-order valence-corrected chi connectivity index (χ3v) is 4.67. The van der Waals surface area contributed by atoms with Gasteiger partial charge >= 0.3 is 0 Å². The summed E-state index contributed by atoms with van der Waals surface area (Å²) in [7, 11) is 0. The summed E-state index contributed by atoms with van der Waals surface area (Å²) in [6.07, 6.45) is 1.83. The number of aliphatic hydroxyl groups is 1. The smallest absolute Gasteiger partial charge is 0.0883 e. The summed E-state index contributed by atoms with van der Waals surface area (Å²) in [5.41, 5.74) is 2.33. The third kappa shape index (κ3) is 4.65. The van der Waals surface area contributed by atoms with Crippen LogP contribution >= 0.6 is 27.7 Å². The molecular formula is C17H19BrOS. The van der Waals surface area contributed by atoms with Gasteiger partial charge < -0.3 is 5.11 Å². The Morgan fingerprint density at radius 1 is 1.15 bits per heavy atom. The van der Waals surface area contributed by atoms with Crippen LogP contribution in [0.15, 0.2) is 57.9 Å². The SMILES string of the molecule is CCCc1ccc(C(O)CSc2cccc(Br)c2)cc1. The first-order valence-electron chi connectivity index (χ1n) is 6.84. The third-order valence-electron chi connectivity index (χ3n) is 3.11. The molecule has 0 aliphatic carbocycles. The van der Waals surface area contributed by atoms with Crippen molar-refractivity contribution in [3.63, 3.8) is 0 Å². The molecule has 0 amide bonds. The van der Waals surface area contributed by atoms with Gasteiger partial charge in [0.2, 0.25) is 0 Å². The first-order valence-corrected chi connectivity index (χ1v) is 8.62. The van der Waals surface area contributed by atoms with Crippen molar-refractivity contribution >= 4 is 27.7 Å². The Balaban J connectivity index is 1.92. The van der Waals surface area contributed by atoms with E-state index in [4.69, 9.17) is 0 Å². The fourth-order valence-corrected chi connectivity index (χ4v) is 3.50. The van der Waals surface area contributed by atoms with Crippen LogP contribution < -0.4 is 0 Å². The van der Waals surface area contributed by atoms with E-state index in [-0.39, 0.29) is 0 Å². The van der Waals surface area contributed by atoms with E-state index < -0.39 is 6.10 Å². The highest BCUT2D eigenvalue weighted by molar-refractivity contribution is 9.10. The minimum absolute atomic E-state index is 0.422. The van der Waals surface area contributed by atoms with E-state index in [9.17, 15) is 5.11 Å². The second-order valence-corrected chi connectivity index (χ2v) is 6.78. The van der Waals surface area contributed by atoms with Crippen molar-refractivity contribution < 1.29 is 5.11 Å². The number of benzene rings is 2. The Labute approximate surface area is 133 Å². The van der Waals surface area contributed by atoms with Gasteiger partial charge in [-0.1, -0.05) is 59.6 Å². The molecular weight excluding hydrogens is 332 g/mol. The summed E-state index contributed by atoms with van der Waals surface area (Å²) in [6.45, 7) is 2.18. The molecule has 20 heavy (non-hydrogen) atoms. The number of hydrogen-bond acceptors (Lipinski definition) is 2. The number of aliphatic hydroxyl groups excluding tert-OH is 1. The summed E-state index contributed by atoms with van der Waals surface area (Å²) in [5, 5.41) is 10.2. The van der Waals surface area contributed by atoms with Gasteiger partial charge in [0.05, 0.1) is 6.10 Å². The first kappa shape index (κ1) is 15.6. The van der Waals surface area contributed by atoms with Gasteiger partial charge in [-0.2, -0.15) is 0 Å². The fourth-order valence-electron chi connectivity index (χ4n) is 2.02. The topological polar surface area (TPSA) is 20.2 Å². The number of aryl methyl sites for hydroxylation is 1. The minimum Gasteiger partial charge on any atom is -0.388 e. The molecule has 0 saturated heterocycles. The number of rotatable bonds is 6. The molecule has 2 aromatic rings. The van der Waals surface area contributed by atoms with Gasteiger partial charge in [0, 0.05) is 15.1 Å². The second kappa shape index (κ2) is 7.87. The highest BCUT2D eigenvalue weighted by atomic mass is 79.9. The molecule has 1 atom stereocenters. The quantitative estimate of drug-likeness (QED) is 0.720. The van der Waals surface area contributed by atoms with E-state index in [0.717, 1.165) is 22.9 Å². The lowest BCUT2D eigenvalue weighted by molar-refractivity contribution is 0.204. The van der Waals surface area contributed by atoms with Crippen molar-refractivity contribution in [2.45, 2.75) is 30.8 Å². The summed E-state index contributed by atoms with van der Waals surface area (Å²) in [4.78, 5) is 1.17. The minimum atomic E-state index is -0.422. The van der Waals surface area contributed by atoms with E-state index >= 15 is 0 Å². The Kier molecular flexibility index (Phi) is 6.14. The van der Waals surface area contributed by atoms with Crippen LogP contribution in [0.3, 0.4) is 0 Å². The van der Waals surface area contributed by atoms with E-state index in [0.29, 0.717) is 5.75 Å². The molecule has 0 aromatic heterocycles. The first-order chi connectivity index (χ1) is 9.69. The zero-order chi connectivity index (χ0) is 14.4. The highest BCUT2D eigenvalue weighted by Crippen LogP contribution is 2.26. The lowest BCUT2D eigenvalue weighted by Crippen LogP contribution is -2.00. The normalized spacial score (nSPS) is 12.3. The molecule has 1 nitrogen and oxygen atoms in total. The van der Waals surface area contributed by atoms with E-state index in [1.165, 1.54) is 10.5 Å². The maximum Gasteiger partial charge on any atom is 0.0883 e. The van der Waals surface area contributed by atoms with Crippen molar-refractivity contribution in [2.75, 3.05) is 5.75 Å². The second-order valence-electron chi connectivity index (χ2n) is 4.78. The van der Waals surface area contributed by atoms with Crippen LogP contribution in [0.2, 0.25) is 0 Å². The maximum atomic E-state index is 10.2. The van der Waals surface area contributed by atoms with Gasteiger partial charge in [0.25, 0.3) is 0 Å². The Hall–Kier alpha value is -0.770. The van der Waals surface area contributed by atoms with E-state index in [2.05, 4.69) is 47.1 Å². The average molecular weight is 351 g/mol. The Bertz CT molecular complexity index is 539. The van der Waals surface area contributed by atoms with E-state index in [1.54, 1.807) is 11.8 Å². The number of halogens is 1. The van der Waals surface area contributed by atoms with Crippen molar-refractivity contribution in [2.24, 2.45) is 0 Å². The predicted octanol–water partition coefficient (Wildman–Crippen LogP) is 5.23. The van der Waals surface area contributed by atoms with Crippen LogP contribution in [-0.4, -0.2) is 10.9 Å². The zero-order valence-electron chi connectivity index (χ0n) is 11.6. The molecule has 0 radical (unpaired) electrons. The molecule has 0 bridgehead atoms. The summed E-state index contributed by atoms with van der Waals surface area (Å²) >= 11 is 5.13. The van der Waals surface area contributed by atoms with Crippen LogP contribution in [0.5, 0.6) is 0 Å². The maximum absolute atomic E-state index is 10.2. The molecule has 3 heteroatoms. The molecule has 2 rings (SSSR count). The molecule has 0 aliphatic heterocycles. The van der Waals surface area contributed by atoms with Gasteiger partial charge in [-0.25, -0.2) is 0 Å². The van der Waals surface area contributed by atoms with Gasteiger partial charge in [-0.05, 0) is 35.7 Å². The van der Waals surface area contributed by atoms with E-state index in [1.807, 2.05) is 24.3 Å². The monoisotopic (exact) mass is 350 g/mol.